The number of aromatic carboxylic acids is 1. The van der Waals surface area contributed by atoms with Gasteiger partial charge in [-0.15, -0.1) is 0 Å². The second kappa shape index (κ2) is 5.99. The first-order valence-electron chi connectivity index (χ1n) is 6.27. The molecule has 1 saturated heterocycles. The lowest BCUT2D eigenvalue weighted by Gasteiger charge is -2.29. The molecule has 2 N–H and O–H groups in total. The monoisotopic (exact) mass is 387 g/mol. The number of ether oxygens (including phenoxy) is 2. The van der Waals surface area contributed by atoms with Crippen LogP contribution >= 0.6 is 15.9 Å². The molecule has 0 amide bonds. The Labute approximate surface area is 138 Å². The smallest absolute Gasteiger partial charge is 0.350 e. The van der Waals surface area contributed by atoms with Crippen molar-refractivity contribution in [2.45, 2.75) is 19.6 Å². The van der Waals surface area contributed by atoms with E-state index in [1.807, 2.05) is 0 Å². The van der Waals surface area contributed by atoms with Crippen LogP contribution in [-0.2, 0) is 19.1 Å². The van der Waals surface area contributed by atoms with Crippen molar-refractivity contribution in [2.75, 3.05) is 5.32 Å². The maximum Gasteiger partial charge on any atom is 0.350 e. The summed E-state index contributed by atoms with van der Waals surface area (Å²) in [5, 5.41) is 11.5. The van der Waals surface area contributed by atoms with Crippen molar-refractivity contribution in [3.8, 4) is 0 Å². The van der Waals surface area contributed by atoms with E-state index < -0.39 is 40.8 Å². The van der Waals surface area contributed by atoms with E-state index in [1.165, 1.54) is 19.9 Å². The van der Waals surface area contributed by atoms with Crippen LogP contribution in [0.5, 0.6) is 0 Å². The number of carbonyl (C=O) groups is 3. The zero-order valence-corrected chi connectivity index (χ0v) is 13.6. The highest BCUT2D eigenvalue weighted by Gasteiger charge is 2.39. The van der Waals surface area contributed by atoms with Crippen molar-refractivity contribution in [3.05, 3.63) is 39.8 Å². The second-order valence-corrected chi connectivity index (χ2v) is 5.82. The lowest BCUT2D eigenvalue weighted by Crippen LogP contribution is -2.42. The molecule has 0 bridgehead atoms. The fourth-order valence-corrected chi connectivity index (χ4v) is 2.32. The Hall–Kier alpha value is -2.42. The van der Waals surface area contributed by atoms with Crippen LogP contribution in [0.15, 0.2) is 28.4 Å². The number of nitrogens with one attached hydrogen (secondary N) is 1. The first-order chi connectivity index (χ1) is 10.6. The predicted molar refractivity (Wildman–Crippen MR) is 79.0 cm³/mol. The molecule has 0 atom stereocenters. The van der Waals surface area contributed by atoms with Gasteiger partial charge in [0.2, 0.25) is 0 Å². The summed E-state index contributed by atoms with van der Waals surface area (Å²) in [7, 11) is 0. The molecule has 7 nitrogen and oxygen atoms in total. The largest absolute Gasteiger partial charge is 0.478 e. The van der Waals surface area contributed by atoms with Crippen LogP contribution in [-0.4, -0.2) is 28.8 Å². The average molecular weight is 388 g/mol. The number of carboxylic acids is 1. The van der Waals surface area contributed by atoms with E-state index in [4.69, 9.17) is 14.6 Å². The Morgan fingerprint density at radius 1 is 1.30 bits per heavy atom. The van der Waals surface area contributed by atoms with Gasteiger partial charge in [0.05, 0.1) is 5.69 Å². The first kappa shape index (κ1) is 16.9. The molecule has 0 spiro atoms. The standard InChI is InChI=1S/C14H11BrFNO6/c1-14(2)22-12(20)6(13(21)23-14)5-17-10-8(16)4-3-7(15)9(10)11(18)19/h3-5,17H,1-2H3,(H,18,19). The molecule has 1 aliphatic rings. The number of benzene rings is 1. The molecular weight excluding hydrogens is 377 g/mol. The molecular formula is C14H11BrFNO6. The molecule has 0 radical (unpaired) electrons. The van der Waals surface area contributed by atoms with Crippen LogP contribution in [0.3, 0.4) is 0 Å². The highest BCUT2D eigenvalue weighted by atomic mass is 79.9. The van der Waals surface area contributed by atoms with Gasteiger partial charge in [-0.1, -0.05) is 0 Å². The van der Waals surface area contributed by atoms with Crippen molar-refractivity contribution < 1.29 is 33.4 Å². The van der Waals surface area contributed by atoms with Gasteiger partial charge >= 0.3 is 17.9 Å². The fraction of sp³-hybridized carbons (Fsp3) is 0.214. The molecule has 122 valence electrons. The van der Waals surface area contributed by atoms with Crippen LogP contribution in [0.25, 0.3) is 0 Å². The minimum Gasteiger partial charge on any atom is -0.478 e. The summed E-state index contributed by atoms with van der Waals surface area (Å²) >= 11 is 3.00. The van der Waals surface area contributed by atoms with Gasteiger partial charge in [-0.3, -0.25) is 0 Å². The lowest BCUT2D eigenvalue weighted by molar-refractivity contribution is -0.222. The predicted octanol–water partition coefficient (Wildman–Crippen LogP) is 2.42. The summed E-state index contributed by atoms with van der Waals surface area (Å²) in [6.07, 6.45) is 0.844. The van der Waals surface area contributed by atoms with Gasteiger partial charge in [-0.25, -0.2) is 18.8 Å². The van der Waals surface area contributed by atoms with Crippen LogP contribution < -0.4 is 5.32 Å². The van der Waals surface area contributed by atoms with Crippen LogP contribution in [0.1, 0.15) is 24.2 Å². The third-order valence-electron chi connectivity index (χ3n) is 2.80. The van der Waals surface area contributed by atoms with Crippen molar-refractivity contribution in [1.29, 1.82) is 0 Å². The van der Waals surface area contributed by atoms with Crippen LogP contribution in [0.4, 0.5) is 10.1 Å². The summed E-state index contributed by atoms with van der Waals surface area (Å²) in [5.74, 6) is -5.61. The number of rotatable bonds is 3. The summed E-state index contributed by atoms with van der Waals surface area (Å²) < 4.78 is 23.7. The summed E-state index contributed by atoms with van der Waals surface area (Å²) in [6.45, 7) is 2.76. The Kier molecular flexibility index (Phi) is 4.42. The summed E-state index contributed by atoms with van der Waals surface area (Å²) in [5.41, 5.74) is -1.32. The highest BCUT2D eigenvalue weighted by molar-refractivity contribution is 9.10. The van der Waals surface area contributed by atoms with E-state index in [1.54, 1.807) is 0 Å². The number of esters is 2. The molecule has 0 saturated carbocycles. The molecule has 2 rings (SSSR count). The highest BCUT2D eigenvalue weighted by Crippen LogP contribution is 2.29. The normalized spacial score (nSPS) is 16.4. The number of halogens is 2. The molecule has 0 aliphatic carbocycles. The summed E-state index contributed by atoms with van der Waals surface area (Å²) in [6, 6.07) is 2.25. The average Bonchev–Trinajstić information content (AvgIpc) is 2.39. The maximum atomic E-state index is 13.9. The second-order valence-electron chi connectivity index (χ2n) is 4.97. The Bertz CT molecular complexity index is 721. The number of hydrogen-bond donors (Lipinski definition) is 2. The first-order valence-corrected chi connectivity index (χ1v) is 7.06. The van der Waals surface area contributed by atoms with Gasteiger partial charge < -0.3 is 19.9 Å². The molecule has 1 fully saturated rings. The van der Waals surface area contributed by atoms with Crippen molar-refractivity contribution in [2.24, 2.45) is 0 Å². The lowest BCUT2D eigenvalue weighted by atomic mass is 10.1. The van der Waals surface area contributed by atoms with Crippen molar-refractivity contribution in [3.63, 3.8) is 0 Å². The number of anilines is 1. The zero-order chi connectivity index (χ0) is 17.4. The van der Waals surface area contributed by atoms with Crippen molar-refractivity contribution in [1.82, 2.24) is 0 Å². The van der Waals surface area contributed by atoms with Gasteiger partial charge in [0.15, 0.2) is 5.57 Å². The molecule has 0 unspecified atom stereocenters. The molecule has 1 aromatic rings. The van der Waals surface area contributed by atoms with E-state index >= 15 is 0 Å². The molecule has 1 heterocycles. The van der Waals surface area contributed by atoms with Gasteiger partial charge in [0.1, 0.15) is 11.4 Å². The van der Waals surface area contributed by atoms with Gasteiger partial charge in [0, 0.05) is 24.5 Å². The summed E-state index contributed by atoms with van der Waals surface area (Å²) in [4.78, 5) is 34.7. The fourth-order valence-electron chi connectivity index (χ4n) is 1.82. The molecule has 0 aromatic heterocycles. The van der Waals surface area contributed by atoms with Gasteiger partial charge in [-0.2, -0.15) is 0 Å². The zero-order valence-electron chi connectivity index (χ0n) is 12.0. The molecule has 1 aromatic carbocycles. The SMILES string of the molecule is CC1(C)OC(=O)C(=CNc2c(F)ccc(Br)c2C(=O)O)C(=O)O1. The maximum absolute atomic E-state index is 13.9. The van der Waals surface area contributed by atoms with Crippen LogP contribution in [0.2, 0.25) is 0 Å². The van der Waals surface area contributed by atoms with Gasteiger partial charge in [0.25, 0.3) is 5.79 Å². The minimum absolute atomic E-state index is 0.127. The third kappa shape index (κ3) is 3.50. The van der Waals surface area contributed by atoms with Crippen molar-refractivity contribution >= 4 is 39.5 Å². The molecule has 1 aliphatic heterocycles. The van der Waals surface area contributed by atoms with Crippen LogP contribution in [0, 0.1) is 5.82 Å². The minimum atomic E-state index is -1.40. The Balaban J connectivity index is 2.38. The van der Waals surface area contributed by atoms with E-state index in [-0.39, 0.29) is 10.0 Å². The molecule has 9 heteroatoms. The Morgan fingerprint density at radius 2 is 1.87 bits per heavy atom. The Morgan fingerprint density at radius 3 is 2.39 bits per heavy atom. The number of hydrogen-bond acceptors (Lipinski definition) is 6. The van der Waals surface area contributed by atoms with E-state index in [2.05, 4.69) is 21.2 Å². The van der Waals surface area contributed by atoms with E-state index in [9.17, 15) is 18.8 Å². The molecule has 23 heavy (non-hydrogen) atoms. The topological polar surface area (TPSA) is 102 Å². The van der Waals surface area contributed by atoms with Gasteiger partial charge in [-0.05, 0) is 28.1 Å². The third-order valence-corrected chi connectivity index (χ3v) is 3.46. The van der Waals surface area contributed by atoms with E-state index in [0.717, 1.165) is 12.3 Å². The number of carboxylic acid groups (broad SMARTS) is 1. The number of cyclic esters (lactones) is 2. The van der Waals surface area contributed by atoms with E-state index in [0.29, 0.717) is 0 Å². The number of carbonyl (C=O) groups excluding carboxylic acids is 2. The quantitative estimate of drug-likeness (QED) is 0.466.